The molecular formula is C11H15N3O5. The zero-order valence-electron chi connectivity index (χ0n) is 10.3. The fourth-order valence-corrected chi connectivity index (χ4v) is 2.01. The molecule has 0 bridgehead atoms. The minimum absolute atomic E-state index is 0.0834. The smallest absolute Gasteiger partial charge is 0.351 e. The lowest BCUT2D eigenvalue weighted by Crippen LogP contribution is -2.39. The lowest BCUT2D eigenvalue weighted by Gasteiger charge is -2.19. The molecule has 0 radical (unpaired) electrons. The quantitative estimate of drug-likeness (QED) is 0.604. The van der Waals surface area contributed by atoms with Gasteiger partial charge >= 0.3 is 5.69 Å². The number of ether oxygens (including phenoxy) is 1. The van der Waals surface area contributed by atoms with E-state index in [-0.39, 0.29) is 12.2 Å². The molecular weight excluding hydrogens is 254 g/mol. The van der Waals surface area contributed by atoms with Gasteiger partial charge in [-0.3, -0.25) is 9.36 Å². The predicted octanol–water partition coefficient (Wildman–Crippen LogP) is -1.58. The molecule has 4 N–H and O–H groups in total. The number of anilines is 1. The van der Waals surface area contributed by atoms with Crippen molar-refractivity contribution < 1.29 is 19.7 Å². The summed E-state index contributed by atoms with van der Waals surface area (Å²) >= 11 is 0. The molecule has 4 atom stereocenters. The Balaban J connectivity index is 2.21. The molecule has 104 valence electrons. The Kier molecular flexibility index (Phi) is 3.65. The van der Waals surface area contributed by atoms with Gasteiger partial charge in [0, 0.05) is 12.6 Å². The Hall–Kier alpha value is -1.77. The summed E-state index contributed by atoms with van der Waals surface area (Å²) in [6.45, 7) is 1.20. The van der Waals surface area contributed by atoms with Crippen LogP contribution in [0.4, 0.5) is 5.82 Å². The van der Waals surface area contributed by atoms with Gasteiger partial charge in [-0.05, 0) is 13.0 Å². The molecule has 1 aliphatic rings. The molecule has 1 aromatic heterocycles. The average molecular weight is 269 g/mol. The van der Waals surface area contributed by atoms with Gasteiger partial charge in [0.25, 0.3) is 0 Å². The Labute approximate surface area is 108 Å². The van der Waals surface area contributed by atoms with E-state index >= 15 is 0 Å². The third-order valence-electron chi connectivity index (χ3n) is 3.03. The Morgan fingerprint density at radius 2 is 2.37 bits per heavy atom. The van der Waals surface area contributed by atoms with Crippen LogP contribution in [0, 0.1) is 0 Å². The maximum atomic E-state index is 11.6. The molecule has 0 spiro atoms. The summed E-state index contributed by atoms with van der Waals surface area (Å²) in [5, 5.41) is 19.4. The topological polar surface area (TPSA) is 128 Å². The van der Waals surface area contributed by atoms with E-state index in [1.54, 1.807) is 0 Å². The van der Waals surface area contributed by atoms with E-state index in [0.717, 1.165) is 4.57 Å². The number of nitrogens with zero attached hydrogens (tertiary/aromatic N) is 2. The van der Waals surface area contributed by atoms with Crippen molar-refractivity contribution in [2.24, 2.45) is 0 Å². The number of hydrogen-bond acceptors (Lipinski definition) is 7. The zero-order valence-corrected chi connectivity index (χ0v) is 10.3. The standard InChI is InChI=1S/C11H15N3O5/c1-5(15)9(17)10-6(16)4-8(19-10)14-3-2-7(12)13-11(14)18/h2-3,6,8-10,16-17H,4H2,1H3,(H2,12,13,18)/t6-,8+,9?,10-/m0/s1. The van der Waals surface area contributed by atoms with Crippen LogP contribution in [0.25, 0.3) is 0 Å². The molecule has 0 aliphatic carbocycles. The summed E-state index contributed by atoms with van der Waals surface area (Å²) < 4.78 is 6.52. The third-order valence-corrected chi connectivity index (χ3v) is 3.03. The van der Waals surface area contributed by atoms with E-state index in [0.29, 0.717) is 0 Å². The Bertz CT molecular complexity index is 543. The number of hydrogen-bond donors (Lipinski definition) is 3. The van der Waals surface area contributed by atoms with Crippen LogP contribution in [0.5, 0.6) is 0 Å². The number of Topliss-reactive ketones (excluding diaryl/α,β-unsaturated/α-hetero) is 1. The van der Waals surface area contributed by atoms with Gasteiger partial charge in [0.05, 0.1) is 6.10 Å². The fraction of sp³-hybridized carbons (Fsp3) is 0.545. The molecule has 2 rings (SSSR count). The number of carbonyl (C=O) groups excluding carboxylic acids is 1. The van der Waals surface area contributed by atoms with Crippen molar-refractivity contribution in [2.75, 3.05) is 5.73 Å². The van der Waals surface area contributed by atoms with Crippen LogP contribution in [0.3, 0.4) is 0 Å². The van der Waals surface area contributed by atoms with Gasteiger partial charge in [0.15, 0.2) is 5.78 Å². The molecule has 2 heterocycles. The van der Waals surface area contributed by atoms with Crippen molar-refractivity contribution >= 4 is 11.6 Å². The monoisotopic (exact) mass is 269 g/mol. The van der Waals surface area contributed by atoms with Gasteiger partial charge < -0.3 is 20.7 Å². The molecule has 1 unspecified atom stereocenters. The van der Waals surface area contributed by atoms with Crippen LogP contribution in [0.2, 0.25) is 0 Å². The van der Waals surface area contributed by atoms with Gasteiger partial charge in [-0.25, -0.2) is 4.79 Å². The predicted molar refractivity (Wildman–Crippen MR) is 64.1 cm³/mol. The highest BCUT2D eigenvalue weighted by molar-refractivity contribution is 5.80. The fourth-order valence-electron chi connectivity index (χ4n) is 2.01. The second-order valence-electron chi connectivity index (χ2n) is 4.46. The van der Waals surface area contributed by atoms with E-state index in [1.807, 2.05) is 0 Å². The second kappa shape index (κ2) is 5.08. The number of rotatable bonds is 3. The van der Waals surface area contributed by atoms with Gasteiger partial charge in [0.1, 0.15) is 24.3 Å². The third kappa shape index (κ3) is 2.65. The first-order chi connectivity index (χ1) is 8.90. The Morgan fingerprint density at radius 1 is 1.68 bits per heavy atom. The molecule has 1 fully saturated rings. The summed E-state index contributed by atoms with van der Waals surface area (Å²) in [6, 6.07) is 1.42. The number of nitrogen functional groups attached to an aromatic ring is 1. The minimum Gasteiger partial charge on any atom is -0.390 e. The highest BCUT2D eigenvalue weighted by Crippen LogP contribution is 2.29. The maximum Gasteiger partial charge on any atom is 0.351 e. The summed E-state index contributed by atoms with van der Waals surface area (Å²) in [5.41, 5.74) is 4.75. The van der Waals surface area contributed by atoms with Crippen molar-refractivity contribution in [3.8, 4) is 0 Å². The molecule has 0 saturated carbocycles. The molecule has 8 nitrogen and oxygen atoms in total. The molecule has 0 amide bonds. The van der Waals surface area contributed by atoms with Crippen LogP contribution in [0.1, 0.15) is 19.6 Å². The van der Waals surface area contributed by atoms with Gasteiger partial charge in [-0.2, -0.15) is 4.98 Å². The zero-order chi connectivity index (χ0) is 14.2. The number of aliphatic hydroxyl groups is 2. The number of ketones is 1. The van der Waals surface area contributed by atoms with Crippen LogP contribution in [0.15, 0.2) is 17.1 Å². The molecule has 1 aliphatic heterocycles. The molecule has 1 saturated heterocycles. The number of nitrogens with two attached hydrogens (primary N) is 1. The summed E-state index contributed by atoms with van der Waals surface area (Å²) in [4.78, 5) is 26.3. The first-order valence-corrected chi connectivity index (χ1v) is 5.77. The molecule has 8 heteroatoms. The summed E-state index contributed by atoms with van der Waals surface area (Å²) in [6.07, 6.45) is -2.81. The first-order valence-electron chi connectivity index (χ1n) is 5.77. The summed E-state index contributed by atoms with van der Waals surface area (Å²) in [5.74, 6) is -0.424. The second-order valence-corrected chi connectivity index (χ2v) is 4.46. The Morgan fingerprint density at radius 3 is 2.95 bits per heavy atom. The molecule has 19 heavy (non-hydrogen) atoms. The van der Waals surface area contributed by atoms with Crippen LogP contribution in [-0.2, 0) is 9.53 Å². The lowest BCUT2D eigenvalue weighted by molar-refractivity contribution is -0.139. The average Bonchev–Trinajstić information content (AvgIpc) is 2.69. The van der Waals surface area contributed by atoms with E-state index in [1.165, 1.54) is 19.2 Å². The van der Waals surface area contributed by atoms with E-state index in [4.69, 9.17) is 10.5 Å². The highest BCUT2D eigenvalue weighted by atomic mass is 16.5. The van der Waals surface area contributed by atoms with Gasteiger partial charge in [0.2, 0.25) is 0 Å². The van der Waals surface area contributed by atoms with Crippen molar-refractivity contribution in [1.82, 2.24) is 9.55 Å². The van der Waals surface area contributed by atoms with E-state index in [2.05, 4.69) is 4.98 Å². The molecule has 0 aromatic carbocycles. The normalized spacial score (nSPS) is 28.3. The van der Waals surface area contributed by atoms with Crippen LogP contribution in [-0.4, -0.2) is 43.9 Å². The summed E-state index contributed by atoms with van der Waals surface area (Å²) in [7, 11) is 0. The van der Waals surface area contributed by atoms with E-state index in [9.17, 15) is 19.8 Å². The van der Waals surface area contributed by atoms with Crippen molar-refractivity contribution in [3.05, 3.63) is 22.7 Å². The lowest BCUT2D eigenvalue weighted by atomic mass is 10.1. The van der Waals surface area contributed by atoms with Gasteiger partial charge in [-0.15, -0.1) is 0 Å². The van der Waals surface area contributed by atoms with Crippen LogP contribution < -0.4 is 11.4 Å². The molecule has 1 aromatic rings. The van der Waals surface area contributed by atoms with Crippen molar-refractivity contribution in [1.29, 1.82) is 0 Å². The number of aromatic nitrogens is 2. The van der Waals surface area contributed by atoms with Crippen molar-refractivity contribution in [3.63, 3.8) is 0 Å². The first kappa shape index (κ1) is 13.7. The van der Waals surface area contributed by atoms with E-state index < -0.39 is 36.0 Å². The SMILES string of the molecule is CC(=O)C(O)[C@H]1O[C@@H](n2ccc(N)nc2=O)C[C@@H]1O. The van der Waals surface area contributed by atoms with Crippen LogP contribution >= 0.6 is 0 Å². The maximum absolute atomic E-state index is 11.6. The largest absolute Gasteiger partial charge is 0.390 e. The minimum atomic E-state index is -1.42. The number of aliphatic hydroxyl groups excluding tert-OH is 2. The number of carbonyl (C=O) groups is 1. The van der Waals surface area contributed by atoms with Crippen molar-refractivity contribution in [2.45, 2.75) is 37.9 Å². The highest BCUT2D eigenvalue weighted by Gasteiger charge is 2.41. The van der Waals surface area contributed by atoms with Gasteiger partial charge in [-0.1, -0.05) is 0 Å².